The Morgan fingerprint density at radius 1 is 1.00 bits per heavy atom. The molecule has 0 aliphatic carbocycles. The molecule has 3 N–H and O–H groups in total. The zero-order chi connectivity index (χ0) is 21.6. The molecule has 0 aromatic heterocycles. The molecule has 2 amide bonds. The van der Waals surface area contributed by atoms with Gasteiger partial charge >= 0.3 is 5.97 Å². The van der Waals surface area contributed by atoms with E-state index in [4.69, 9.17) is 4.74 Å². The Kier molecular flexibility index (Phi) is 4.59. The zero-order valence-electron chi connectivity index (χ0n) is 17.3. The van der Waals surface area contributed by atoms with Gasteiger partial charge in [0.2, 0.25) is 11.8 Å². The Labute approximate surface area is 180 Å². The lowest BCUT2D eigenvalue weighted by atomic mass is 9.62. The summed E-state index contributed by atoms with van der Waals surface area (Å²) in [5.74, 6) is -2.12. The van der Waals surface area contributed by atoms with Crippen molar-refractivity contribution in [3.8, 4) is 0 Å². The predicted octanol–water partition coefficient (Wildman–Crippen LogP) is 2.05. The molecule has 0 radical (unpaired) electrons. The topological polar surface area (TPSA) is 96.5 Å². The van der Waals surface area contributed by atoms with Crippen molar-refractivity contribution in [2.75, 3.05) is 19.0 Å². The molecule has 7 nitrogen and oxygen atoms in total. The molecular formula is C24H25N3O4. The van der Waals surface area contributed by atoms with Crippen LogP contribution in [-0.2, 0) is 24.5 Å². The number of esters is 1. The molecule has 2 saturated heterocycles. The third-order valence-electron chi connectivity index (χ3n) is 7.06. The van der Waals surface area contributed by atoms with Crippen LogP contribution in [0.1, 0.15) is 36.4 Å². The van der Waals surface area contributed by atoms with Crippen LogP contribution in [0.3, 0.4) is 0 Å². The molecular weight excluding hydrogens is 394 g/mol. The molecule has 7 heteroatoms. The molecule has 2 fully saturated rings. The molecule has 0 bridgehead atoms. The van der Waals surface area contributed by atoms with E-state index in [9.17, 15) is 14.4 Å². The zero-order valence-corrected chi connectivity index (χ0v) is 17.3. The SMILES string of the molecule is COC(=O)[C@@H]1[C@]2(C(=O)Nc3ccccc32)[C@H](c2ccccc2)N[C@]12CCCCNC2=O. The normalized spacial score (nSPS) is 31.8. The Balaban J connectivity index is 1.83. The summed E-state index contributed by atoms with van der Waals surface area (Å²) in [6, 6.07) is 16.4. The number of carbonyl (C=O) groups is 3. The van der Waals surface area contributed by atoms with E-state index in [2.05, 4.69) is 16.0 Å². The molecule has 0 saturated carbocycles. The molecule has 0 unspecified atom stereocenters. The smallest absolute Gasteiger partial charge is 0.312 e. The predicted molar refractivity (Wildman–Crippen MR) is 114 cm³/mol. The fraction of sp³-hybridized carbons (Fsp3) is 0.375. The van der Waals surface area contributed by atoms with E-state index in [-0.39, 0.29) is 11.8 Å². The Hall–Kier alpha value is -3.19. The minimum Gasteiger partial charge on any atom is -0.469 e. The number of benzene rings is 2. The summed E-state index contributed by atoms with van der Waals surface area (Å²) in [5, 5.41) is 9.44. The number of hydrogen-bond donors (Lipinski definition) is 3. The number of anilines is 1. The second-order valence-electron chi connectivity index (χ2n) is 8.50. The van der Waals surface area contributed by atoms with Gasteiger partial charge in [-0.2, -0.15) is 0 Å². The molecule has 3 heterocycles. The Morgan fingerprint density at radius 2 is 1.74 bits per heavy atom. The Morgan fingerprint density at radius 3 is 2.52 bits per heavy atom. The van der Waals surface area contributed by atoms with Crippen LogP contribution in [0.5, 0.6) is 0 Å². The number of fused-ring (bicyclic) bond motifs is 2. The van der Waals surface area contributed by atoms with E-state index in [0.29, 0.717) is 24.2 Å². The fourth-order valence-electron chi connectivity index (χ4n) is 5.80. The molecule has 160 valence electrons. The van der Waals surface area contributed by atoms with Gasteiger partial charge < -0.3 is 15.4 Å². The summed E-state index contributed by atoms with van der Waals surface area (Å²) in [5.41, 5.74) is -0.343. The van der Waals surface area contributed by atoms with Crippen molar-refractivity contribution in [1.82, 2.24) is 10.6 Å². The highest BCUT2D eigenvalue weighted by Crippen LogP contribution is 2.60. The molecule has 4 atom stereocenters. The van der Waals surface area contributed by atoms with Crippen molar-refractivity contribution in [2.45, 2.75) is 36.3 Å². The molecule has 3 aliphatic heterocycles. The monoisotopic (exact) mass is 419 g/mol. The molecule has 5 rings (SSSR count). The van der Waals surface area contributed by atoms with Gasteiger partial charge in [-0.25, -0.2) is 0 Å². The molecule has 3 aliphatic rings. The highest BCUT2D eigenvalue weighted by molar-refractivity contribution is 6.12. The van der Waals surface area contributed by atoms with Gasteiger partial charge in [0.25, 0.3) is 0 Å². The maximum absolute atomic E-state index is 13.8. The van der Waals surface area contributed by atoms with Crippen LogP contribution in [-0.4, -0.2) is 37.0 Å². The summed E-state index contributed by atoms with van der Waals surface area (Å²) in [6.45, 7) is 0.544. The first kappa shape index (κ1) is 19.8. The Bertz CT molecular complexity index is 1060. The van der Waals surface area contributed by atoms with Gasteiger partial charge in [-0.15, -0.1) is 0 Å². The van der Waals surface area contributed by atoms with Crippen LogP contribution < -0.4 is 16.0 Å². The number of amides is 2. The number of hydrogen-bond acceptors (Lipinski definition) is 5. The van der Waals surface area contributed by atoms with Crippen LogP contribution >= 0.6 is 0 Å². The number of ether oxygens (including phenoxy) is 1. The van der Waals surface area contributed by atoms with Gasteiger partial charge in [-0.3, -0.25) is 19.7 Å². The third kappa shape index (κ3) is 2.59. The summed E-state index contributed by atoms with van der Waals surface area (Å²) < 4.78 is 5.25. The van der Waals surface area contributed by atoms with E-state index < -0.39 is 28.9 Å². The van der Waals surface area contributed by atoms with E-state index in [1.54, 1.807) is 0 Å². The van der Waals surface area contributed by atoms with Crippen molar-refractivity contribution in [3.05, 3.63) is 65.7 Å². The molecule has 2 spiro atoms. The number of rotatable bonds is 2. The first-order valence-corrected chi connectivity index (χ1v) is 10.7. The van der Waals surface area contributed by atoms with Crippen molar-refractivity contribution in [1.29, 1.82) is 0 Å². The van der Waals surface area contributed by atoms with Gasteiger partial charge in [0.15, 0.2) is 0 Å². The van der Waals surface area contributed by atoms with Gasteiger partial charge in [-0.1, -0.05) is 48.5 Å². The van der Waals surface area contributed by atoms with Gasteiger partial charge in [0.05, 0.1) is 13.2 Å². The average molecular weight is 419 g/mol. The van der Waals surface area contributed by atoms with Gasteiger partial charge in [-0.05, 0) is 36.5 Å². The number of methoxy groups -OCH3 is 1. The number of nitrogens with one attached hydrogen (secondary N) is 3. The lowest BCUT2D eigenvalue weighted by molar-refractivity contribution is -0.155. The third-order valence-corrected chi connectivity index (χ3v) is 7.06. The fourth-order valence-corrected chi connectivity index (χ4v) is 5.80. The van der Waals surface area contributed by atoms with Crippen LogP contribution in [0.15, 0.2) is 54.6 Å². The lowest BCUT2D eigenvalue weighted by Crippen LogP contribution is -2.60. The van der Waals surface area contributed by atoms with Gasteiger partial charge in [0.1, 0.15) is 16.9 Å². The highest BCUT2D eigenvalue weighted by atomic mass is 16.5. The van der Waals surface area contributed by atoms with Crippen LogP contribution in [0.25, 0.3) is 0 Å². The minimum absolute atomic E-state index is 0.254. The maximum atomic E-state index is 13.8. The quantitative estimate of drug-likeness (QED) is 0.648. The number of carbonyl (C=O) groups excluding carboxylic acids is 3. The summed E-state index contributed by atoms with van der Waals surface area (Å²) in [6.07, 6.45) is 2.01. The summed E-state index contributed by atoms with van der Waals surface area (Å²) in [7, 11) is 1.31. The first-order valence-electron chi connectivity index (χ1n) is 10.7. The molecule has 31 heavy (non-hydrogen) atoms. The van der Waals surface area contributed by atoms with Crippen molar-refractivity contribution in [2.24, 2.45) is 5.92 Å². The van der Waals surface area contributed by atoms with E-state index in [0.717, 1.165) is 18.4 Å². The van der Waals surface area contributed by atoms with Crippen molar-refractivity contribution in [3.63, 3.8) is 0 Å². The number of para-hydroxylation sites is 1. The van der Waals surface area contributed by atoms with Crippen LogP contribution in [0.4, 0.5) is 5.69 Å². The van der Waals surface area contributed by atoms with Crippen molar-refractivity contribution < 1.29 is 19.1 Å². The van der Waals surface area contributed by atoms with Crippen LogP contribution in [0, 0.1) is 5.92 Å². The second kappa shape index (κ2) is 7.20. The van der Waals surface area contributed by atoms with E-state index >= 15 is 0 Å². The average Bonchev–Trinajstić information content (AvgIpc) is 3.19. The largest absolute Gasteiger partial charge is 0.469 e. The summed E-state index contributed by atoms with van der Waals surface area (Å²) >= 11 is 0. The lowest BCUT2D eigenvalue weighted by Gasteiger charge is -2.36. The molecule has 2 aromatic carbocycles. The van der Waals surface area contributed by atoms with Crippen molar-refractivity contribution >= 4 is 23.5 Å². The van der Waals surface area contributed by atoms with Gasteiger partial charge in [0, 0.05) is 12.2 Å². The minimum atomic E-state index is -1.31. The maximum Gasteiger partial charge on any atom is 0.312 e. The van der Waals surface area contributed by atoms with E-state index in [1.165, 1.54) is 7.11 Å². The van der Waals surface area contributed by atoms with E-state index in [1.807, 2.05) is 54.6 Å². The molecule has 2 aromatic rings. The van der Waals surface area contributed by atoms with Crippen LogP contribution in [0.2, 0.25) is 0 Å². The first-order chi connectivity index (χ1) is 15.1. The summed E-state index contributed by atoms with van der Waals surface area (Å²) in [4.78, 5) is 40.7. The highest BCUT2D eigenvalue weighted by Gasteiger charge is 2.73. The second-order valence-corrected chi connectivity index (χ2v) is 8.50. The standard InChI is InChI=1S/C24H25N3O4/c1-31-20(28)18-23(13-7-8-14-25-21(23)29)27-19(15-9-3-2-4-10-15)24(18)16-11-5-6-12-17(16)26-22(24)30/h2-6,9-12,18-19,27H,7-8,13-14H2,1H3,(H,25,29)(H,26,30)/t18-,19-,23+,24-/m0/s1.